The van der Waals surface area contributed by atoms with Gasteiger partial charge in [0.05, 0.1) is 12.2 Å². The lowest BCUT2D eigenvalue weighted by molar-refractivity contribution is 0.210. The van der Waals surface area contributed by atoms with Gasteiger partial charge in [0.15, 0.2) is 0 Å². The van der Waals surface area contributed by atoms with Crippen LogP contribution in [0.15, 0.2) is 42.5 Å². The molecule has 0 saturated heterocycles. The summed E-state index contributed by atoms with van der Waals surface area (Å²) in [7, 11) is 0. The Morgan fingerprint density at radius 1 is 1.22 bits per heavy atom. The molecule has 0 bridgehead atoms. The van der Waals surface area contributed by atoms with Gasteiger partial charge in [-0.2, -0.15) is 0 Å². The first-order chi connectivity index (χ1) is 8.74. The van der Waals surface area contributed by atoms with Crippen molar-refractivity contribution in [2.75, 3.05) is 11.9 Å². The number of fused-ring (bicyclic) bond motifs is 1. The van der Waals surface area contributed by atoms with Crippen molar-refractivity contribution in [3.05, 3.63) is 58.6 Å². The van der Waals surface area contributed by atoms with E-state index in [0.717, 1.165) is 18.0 Å². The number of hydrogen-bond donors (Lipinski definition) is 1. The molecule has 1 N–H and O–H groups in total. The van der Waals surface area contributed by atoms with Crippen LogP contribution in [0, 0.1) is 6.92 Å². The maximum absolute atomic E-state index is 6.03. The number of hydrogen-bond acceptors (Lipinski definition) is 2. The Labute approximate surface area is 112 Å². The highest BCUT2D eigenvalue weighted by atomic mass is 35.5. The van der Waals surface area contributed by atoms with E-state index in [2.05, 4.69) is 24.4 Å². The molecule has 3 heteroatoms. The Morgan fingerprint density at radius 3 is 2.89 bits per heavy atom. The third-order valence-corrected chi connectivity index (χ3v) is 3.46. The fourth-order valence-electron chi connectivity index (χ4n) is 2.26. The molecular weight excluding hydrogens is 246 g/mol. The SMILES string of the molecule is Cc1ccccc1C1CNc2ccc(Cl)cc2O1. The number of aryl methyl sites for hydroxylation is 1. The molecule has 0 radical (unpaired) electrons. The van der Waals surface area contributed by atoms with Gasteiger partial charge in [-0.1, -0.05) is 35.9 Å². The lowest BCUT2D eigenvalue weighted by Gasteiger charge is -2.28. The summed E-state index contributed by atoms with van der Waals surface area (Å²) in [6, 6.07) is 14.0. The van der Waals surface area contributed by atoms with Crippen molar-refractivity contribution >= 4 is 17.3 Å². The van der Waals surface area contributed by atoms with E-state index >= 15 is 0 Å². The molecule has 1 heterocycles. The molecule has 1 aliphatic heterocycles. The average Bonchev–Trinajstić information content (AvgIpc) is 2.38. The molecule has 0 spiro atoms. The van der Waals surface area contributed by atoms with Gasteiger partial charge in [-0.05, 0) is 30.2 Å². The second kappa shape index (κ2) is 4.54. The van der Waals surface area contributed by atoms with Crippen LogP contribution in [0.4, 0.5) is 5.69 Å². The first-order valence-corrected chi connectivity index (χ1v) is 6.37. The summed E-state index contributed by atoms with van der Waals surface area (Å²) < 4.78 is 6.03. The fourth-order valence-corrected chi connectivity index (χ4v) is 2.42. The van der Waals surface area contributed by atoms with Gasteiger partial charge < -0.3 is 10.1 Å². The van der Waals surface area contributed by atoms with Crippen LogP contribution in [0.2, 0.25) is 5.02 Å². The molecule has 92 valence electrons. The quantitative estimate of drug-likeness (QED) is 0.829. The van der Waals surface area contributed by atoms with Crippen molar-refractivity contribution in [1.82, 2.24) is 0 Å². The van der Waals surface area contributed by atoms with E-state index in [9.17, 15) is 0 Å². The molecule has 1 unspecified atom stereocenters. The molecule has 0 aliphatic carbocycles. The molecule has 3 rings (SSSR count). The first kappa shape index (κ1) is 11.4. The molecule has 2 nitrogen and oxygen atoms in total. The Morgan fingerprint density at radius 2 is 2.06 bits per heavy atom. The minimum absolute atomic E-state index is 0.0390. The van der Waals surface area contributed by atoms with Crippen molar-refractivity contribution in [3.63, 3.8) is 0 Å². The summed E-state index contributed by atoms with van der Waals surface area (Å²) in [5, 5.41) is 4.08. The highest BCUT2D eigenvalue weighted by molar-refractivity contribution is 6.30. The number of nitrogens with one attached hydrogen (secondary N) is 1. The van der Waals surface area contributed by atoms with Gasteiger partial charge in [0.2, 0.25) is 0 Å². The predicted molar refractivity (Wildman–Crippen MR) is 74.5 cm³/mol. The van der Waals surface area contributed by atoms with Gasteiger partial charge in [-0.3, -0.25) is 0 Å². The second-order valence-electron chi connectivity index (χ2n) is 4.48. The summed E-state index contributed by atoms with van der Waals surface area (Å²) in [5.74, 6) is 0.821. The lowest BCUT2D eigenvalue weighted by atomic mass is 10.0. The van der Waals surface area contributed by atoms with Crippen LogP contribution in [-0.2, 0) is 0 Å². The van der Waals surface area contributed by atoms with Crippen LogP contribution < -0.4 is 10.1 Å². The van der Waals surface area contributed by atoms with Crippen LogP contribution >= 0.6 is 11.6 Å². The van der Waals surface area contributed by atoms with Crippen molar-refractivity contribution in [2.24, 2.45) is 0 Å². The zero-order valence-electron chi connectivity index (χ0n) is 10.1. The zero-order chi connectivity index (χ0) is 12.5. The van der Waals surface area contributed by atoms with E-state index in [-0.39, 0.29) is 6.10 Å². The number of anilines is 1. The first-order valence-electron chi connectivity index (χ1n) is 5.99. The minimum Gasteiger partial charge on any atom is -0.482 e. The molecule has 0 saturated carbocycles. The van der Waals surface area contributed by atoms with Gasteiger partial charge in [-0.25, -0.2) is 0 Å². The van der Waals surface area contributed by atoms with Gasteiger partial charge in [-0.15, -0.1) is 0 Å². The predicted octanol–water partition coefficient (Wildman–Crippen LogP) is 4.19. The molecule has 1 atom stereocenters. The summed E-state index contributed by atoms with van der Waals surface area (Å²) in [4.78, 5) is 0. The van der Waals surface area contributed by atoms with E-state index in [0.29, 0.717) is 5.02 Å². The highest BCUT2D eigenvalue weighted by Gasteiger charge is 2.21. The Bertz CT molecular complexity index is 582. The maximum Gasteiger partial charge on any atom is 0.144 e. The maximum atomic E-state index is 6.03. The fraction of sp³-hybridized carbons (Fsp3) is 0.200. The normalized spacial score (nSPS) is 17.6. The zero-order valence-corrected chi connectivity index (χ0v) is 10.9. The Kier molecular flexibility index (Phi) is 2.88. The Balaban J connectivity index is 1.93. The van der Waals surface area contributed by atoms with E-state index < -0.39 is 0 Å². The third kappa shape index (κ3) is 2.04. The highest BCUT2D eigenvalue weighted by Crippen LogP contribution is 2.36. The van der Waals surface area contributed by atoms with Crippen LogP contribution in [-0.4, -0.2) is 6.54 Å². The largest absolute Gasteiger partial charge is 0.482 e. The van der Waals surface area contributed by atoms with Gasteiger partial charge in [0.1, 0.15) is 11.9 Å². The van der Waals surface area contributed by atoms with E-state index in [1.807, 2.05) is 30.3 Å². The average molecular weight is 260 g/mol. The molecule has 0 amide bonds. The summed E-state index contributed by atoms with van der Waals surface area (Å²) in [6.45, 7) is 2.88. The molecule has 0 fully saturated rings. The van der Waals surface area contributed by atoms with Crippen molar-refractivity contribution in [3.8, 4) is 5.75 Å². The molecule has 0 aromatic heterocycles. The summed E-state index contributed by atoms with van der Waals surface area (Å²) >= 11 is 5.99. The van der Waals surface area contributed by atoms with Crippen LogP contribution in [0.1, 0.15) is 17.2 Å². The number of ether oxygens (including phenoxy) is 1. The van der Waals surface area contributed by atoms with Crippen LogP contribution in [0.25, 0.3) is 0 Å². The van der Waals surface area contributed by atoms with Crippen molar-refractivity contribution in [1.29, 1.82) is 0 Å². The monoisotopic (exact) mass is 259 g/mol. The molecule has 2 aromatic rings. The topological polar surface area (TPSA) is 21.3 Å². The second-order valence-corrected chi connectivity index (χ2v) is 4.92. The number of halogens is 1. The van der Waals surface area contributed by atoms with Gasteiger partial charge in [0.25, 0.3) is 0 Å². The lowest BCUT2D eigenvalue weighted by Crippen LogP contribution is -2.24. The Hall–Kier alpha value is -1.67. The van der Waals surface area contributed by atoms with Gasteiger partial charge in [0, 0.05) is 11.1 Å². The van der Waals surface area contributed by atoms with Crippen LogP contribution in [0.5, 0.6) is 5.75 Å². The number of rotatable bonds is 1. The van der Waals surface area contributed by atoms with Crippen LogP contribution in [0.3, 0.4) is 0 Å². The molecule has 1 aliphatic rings. The minimum atomic E-state index is 0.0390. The molecule has 18 heavy (non-hydrogen) atoms. The van der Waals surface area contributed by atoms with Gasteiger partial charge >= 0.3 is 0 Å². The van der Waals surface area contributed by atoms with Crippen molar-refractivity contribution < 1.29 is 4.74 Å². The van der Waals surface area contributed by atoms with Crippen molar-refractivity contribution in [2.45, 2.75) is 13.0 Å². The molecule has 2 aromatic carbocycles. The summed E-state index contributed by atoms with van der Waals surface area (Å²) in [6.07, 6.45) is 0.0390. The molecular formula is C15H14ClNO. The van der Waals surface area contributed by atoms with E-state index in [1.165, 1.54) is 11.1 Å². The smallest absolute Gasteiger partial charge is 0.144 e. The van der Waals surface area contributed by atoms with E-state index in [1.54, 1.807) is 0 Å². The van der Waals surface area contributed by atoms with E-state index in [4.69, 9.17) is 16.3 Å². The standard InChI is InChI=1S/C15H14ClNO/c1-10-4-2-3-5-12(10)15-9-17-13-7-6-11(16)8-14(13)18-15/h2-8,15,17H,9H2,1H3. The summed E-state index contributed by atoms with van der Waals surface area (Å²) in [5.41, 5.74) is 3.47. The number of benzene rings is 2. The third-order valence-electron chi connectivity index (χ3n) is 3.23.